The number of hydrazine groups is 1. The molecule has 164 valence electrons. The van der Waals surface area contributed by atoms with Crippen LogP contribution in [-0.4, -0.2) is 21.5 Å². The van der Waals surface area contributed by atoms with Crippen molar-refractivity contribution in [1.82, 2.24) is 21.2 Å². The quantitative estimate of drug-likeness (QED) is 0.474. The van der Waals surface area contributed by atoms with Crippen LogP contribution in [0, 0.1) is 17.8 Å². The summed E-state index contributed by atoms with van der Waals surface area (Å²) in [5.41, 5.74) is 8.26. The number of rotatable bonds is 2. The highest BCUT2D eigenvalue weighted by atomic mass is 32.1. The highest BCUT2D eigenvalue weighted by Crippen LogP contribution is 2.61. The summed E-state index contributed by atoms with van der Waals surface area (Å²) < 4.78 is 0. The van der Waals surface area contributed by atoms with E-state index in [1.807, 2.05) is 32.9 Å². The van der Waals surface area contributed by atoms with Crippen LogP contribution in [0.1, 0.15) is 75.3 Å². The summed E-state index contributed by atoms with van der Waals surface area (Å²) in [6.45, 7) is 6.06. The van der Waals surface area contributed by atoms with Crippen molar-refractivity contribution in [2.75, 3.05) is 0 Å². The first-order chi connectivity index (χ1) is 14.7. The van der Waals surface area contributed by atoms with Gasteiger partial charge in [0.25, 0.3) is 5.91 Å². The lowest BCUT2D eigenvalue weighted by Gasteiger charge is -2.57. The zero-order valence-electron chi connectivity index (χ0n) is 18.6. The number of fused-ring (bicyclic) bond motifs is 1. The maximum absolute atomic E-state index is 13.0. The third kappa shape index (κ3) is 4.02. The number of nitrogens with one attached hydrogen (secondary N) is 3. The molecule has 4 saturated carbocycles. The van der Waals surface area contributed by atoms with E-state index in [4.69, 9.17) is 17.2 Å². The van der Waals surface area contributed by atoms with Gasteiger partial charge in [0.15, 0.2) is 5.11 Å². The van der Waals surface area contributed by atoms with Crippen LogP contribution in [0.2, 0.25) is 0 Å². The Morgan fingerprint density at radius 2 is 1.65 bits per heavy atom. The lowest BCUT2D eigenvalue weighted by molar-refractivity contribution is -0.00454. The molecule has 0 saturated heterocycles. The Balaban J connectivity index is 1.46. The molecule has 0 spiro atoms. The number of benzene rings is 1. The third-order valence-electron chi connectivity index (χ3n) is 7.34. The molecule has 1 heterocycles. The number of pyridine rings is 1. The van der Waals surface area contributed by atoms with Crippen LogP contribution in [0.15, 0.2) is 30.3 Å². The summed E-state index contributed by atoms with van der Waals surface area (Å²) >= 11 is 5.29. The van der Waals surface area contributed by atoms with E-state index in [9.17, 15) is 4.79 Å². The van der Waals surface area contributed by atoms with E-state index in [1.54, 1.807) is 0 Å². The SMILES string of the molecule is CC(C)(C)NC(=S)NNC(=O)c1cc(C23CC4CC(CC(C4)C2)C3)c2ccccc2n1. The maximum atomic E-state index is 13.0. The van der Waals surface area contributed by atoms with Gasteiger partial charge in [-0.05, 0) is 112 Å². The van der Waals surface area contributed by atoms with Gasteiger partial charge in [0.2, 0.25) is 0 Å². The lowest BCUT2D eigenvalue weighted by atomic mass is 9.48. The van der Waals surface area contributed by atoms with Crippen molar-refractivity contribution in [3.05, 3.63) is 41.6 Å². The highest BCUT2D eigenvalue weighted by Gasteiger charge is 2.52. The summed E-state index contributed by atoms with van der Waals surface area (Å²) in [5, 5.41) is 4.74. The molecular formula is C25H32N4OS. The predicted molar refractivity (Wildman–Crippen MR) is 128 cm³/mol. The first kappa shape index (κ1) is 20.7. The van der Waals surface area contributed by atoms with E-state index in [0.717, 1.165) is 23.3 Å². The number of carbonyl (C=O) groups excluding carboxylic acids is 1. The molecule has 0 radical (unpaired) electrons. The zero-order valence-corrected chi connectivity index (χ0v) is 19.4. The molecule has 0 unspecified atom stereocenters. The van der Waals surface area contributed by atoms with E-state index in [0.29, 0.717) is 10.8 Å². The first-order valence-corrected chi connectivity index (χ1v) is 11.9. The number of hydrogen-bond donors (Lipinski definition) is 3. The summed E-state index contributed by atoms with van der Waals surface area (Å²) in [7, 11) is 0. The van der Waals surface area contributed by atoms with Crippen molar-refractivity contribution < 1.29 is 4.79 Å². The molecule has 0 aliphatic heterocycles. The number of carbonyl (C=O) groups is 1. The number of aromatic nitrogens is 1. The van der Waals surface area contributed by atoms with E-state index >= 15 is 0 Å². The Morgan fingerprint density at radius 3 is 2.26 bits per heavy atom. The number of hydrogen-bond acceptors (Lipinski definition) is 3. The van der Waals surface area contributed by atoms with Gasteiger partial charge >= 0.3 is 0 Å². The van der Waals surface area contributed by atoms with Crippen molar-refractivity contribution in [1.29, 1.82) is 0 Å². The van der Waals surface area contributed by atoms with E-state index in [1.165, 1.54) is 49.5 Å². The van der Waals surface area contributed by atoms with Crippen LogP contribution < -0.4 is 16.2 Å². The van der Waals surface area contributed by atoms with E-state index in [-0.39, 0.29) is 16.9 Å². The third-order valence-corrected chi connectivity index (χ3v) is 7.54. The topological polar surface area (TPSA) is 66.0 Å². The minimum absolute atomic E-state index is 0.179. The van der Waals surface area contributed by atoms with Gasteiger partial charge in [-0.25, -0.2) is 4.98 Å². The molecule has 6 heteroatoms. The molecule has 4 fully saturated rings. The molecule has 1 amide bonds. The second kappa shape index (κ2) is 7.44. The monoisotopic (exact) mass is 436 g/mol. The van der Waals surface area contributed by atoms with Gasteiger partial charge in [-0.3, -0.25) is 15.6 Å². The smallest absolute Gasteiger partial charge is 0.288 e. The number of para-hydroxylation sites is 1. The molecule has 6 rings (SSSR count). The molecule has 4 aliphatic carbocycles. The fraction of sp³-hybridized carbons (Fsp3) is 0.560. The average Bonchev–Trinajstić information content (AvgIpc) is 2.69. The number of amides is 1. The fourth-order valence-corrected chi connectivity index (χ4v) is 7.08. The van der Waals surface area contributed by atoms with Crippen molar-refractivity contribution in [2.45, 2.75) is 70.3 Å². The average molecular weight is 437 g/mol. The standard InChI is InChI=1S/C25H32N4OS/c1-24(2,3)27-23(31)29-28-22(30)21-11-19(18-6-4-5-7-20(18)26-21)25-12-15-8-16(13-25)10-17(9-15)14-25/h4-7,11,15-17H,8-10,12-14H2,1-3H3,(H,28,30)(H2,27,29,31). The Bertz CT molecular complexity index is 1010. The summed E-state index contributed by atoms with van der Waals surface area (Å²) in [5.74, 6) is 2.28. The first-order valence-electron chi connectivity index (χ1n) is 11.5. The van der Waals surface area contributed by atoms with Gasteiger partial charge in [-0.1, -0.05) is 18.2 Å². The minimum Gasteiger partial charge on any atom is -0.357 e. The molecule has 4 aliphatic rings. The second-order valence-electron chi connectivity index (χ2n) is 11.1. The molecule has 4 bridgehead atoms. The van der Waals surface area contributed by atoms with Crippen molar-refractivity contribution >= 4 is 34.1 Å². The van der Waals surface area contributed by atoms with Gasteiger partial charge in [0.1, 0.15) is 5.69 Å². The van der Waals surface area contributed by atoms with Gasteiger partial charge in [0, 0.05) is 10.9 Å². The van der Waals surface area contributed by atoms with Crippen molar-refractivity contribution in [3.8, 4) is 0 Å². The second-order valence-corrected chi connectivity index (χ2v) is 11.5. The summed E-state index contributed by atoms with van der Waals surface area (Å²) in [6, 6.07) is 10.4. The molecule has 1 aromatic carbocycles. The molecule has 3 N–H and O–H groups in total. The Kier molecular flexibility index (Phi) is 4.96. The maximum Gasteiger partial charge on any atom is 0.288 e. The van der Waals surface area contributed by atoms with Crippen LogP contribution in [0.25, 0.3) is 10.9 Å². The molecule has 0 atom stereocenters. The molecule has 5 nitrogen and oxygen atoms in total. The summed E-state index contributed by atoms with van der Waals surface area (Å²) in [4.78, 5) is 17.7. The minimum atomic E-state index is -0.255. The Hall–Kier alpha value is -2.21. The van der Waals surface area contributed by atoms with Crippen LogP contribution in [0.4, 0.5) is 0 Å². The molecule has 31 heavy (non-hydrogen) atoms. The molecule has 1 aromatic heterocycles. The largest absolute Gasteiger partial charge is 0.357 e. The number of nitrogens with zero attached hydrogens (tertiary/aromatic N) is 1. The van der Waals surface area contributed by atoms with Crippen molar-refractivity contribution in [2.24, 2.45) is 17.8 Å². The molecule has 2 aromatic rings. The molecular weight excluding hydrogens is 404 g/mol. The Morgan fingerprint density at radius 1 is 1.03 bits per heavy atom. The van der Waals surface area contributed by atoms with Gasteiger partial charge in [-0.2, -0.15) is 0 Å². The van der Waals surface area contributed by atoms with Gasteiger partial charge in [0.05, 0.1) is 5.52 Å². The van der Waals surface area contributed by atoms with Crippen LogP contribution in [0.3, 0.4) is 0 Å². The van der Waals surface area contributed by atoms with Crippen molar-refractivity contribution in [3.63, 3.8) is 0 Å². The Labute approximate surface area is 189 Å². The van der Waals surface area contributed by atoms with E-state index < -0.39 is 0 Å². The van der Waals surface area contributed by atoms with Crippen LogP contribution >= 0.6 is 12.2 Å². The van der Waals surface area contributed by atoms with Gasteiger partial charge in [-0.15, -0.1) is 0 Å². The highest BCUT2D eigenvalue weighted by molar-refractivity contribution is 7.80. The van der Waals surface area contributed by atoms with Crippen LogP contribution in [-0.2, 0) is 5.41 Å². The normalized spacial score (nSPS) is 29.1. The van der Waals surface area contributed by atoms with Gasteiger partial charge < -0.3 is 5.32 Å². The predicted octanol–water partition coefficient (Wildman–Crippen LogP) is 4.61. The zero-order chi connectivity index (χ0) is 21.8. The summed E-state index contributed by atoms with van der Waals surface area (Å²) in [6.07, 6.45) is 7.97. The van der Waals surface area contributed by atoms with Crippen LogP contribution in [0.5, 0.6) is 0 Å². The lowest BCUT2D eigenvalue weighted by Crippen LogP contribution is -2.52. The fourth-order valence-electron chi connectivity index (χ4n) is 6.72. The number of thiocarbonyl (C=S) groups is 1. The van der Waals surface area contributed by atoms with E-state index in [2.05, 4.69) is 34.4 Å².